The summed E-state index contributed by atoms with van der Waals surface area (Å²) in [5, 5.41) is 2.87. The summed E-state index contributed by atoms with van der Waals surface area (Å²) in [6.07, 6.45) is 1.18. The van der Waals surface area contributed by atoms with E-state index in [2.05, 4.69) is 10.3 Å². The monoisotopic (exact) mass is 618 g/mol. The van der Waals surface area contributed by atoms with E-state index in [0.29, 0.717) is 23.3 Å². The molecule has 43 heavy (non-hydrogen) atoms. The maximum Gasteiger partial charge on any atom is 0.348 e. The summed E-state index contributed by atoms with van der Waals surface area (Å²) < 4.78 is 33.6. The summed E-state index contributed by atoms with van der Waals surface area (Å²) in [5.74, 6) is -1.38. The van der Waals surface area contributed by atoms with Crippen molar-refractivity contribution >= 4 is 39.6 Å². The van der Waals surface area contributed by atoms with Crippen LogP contribution >= 0.6 is 11.3 Å². The first-order valence-electron chi connectivity index (χ1n) is 13.9. The molecule has 0 saturated heterocycles. The van der Waals surface area contributed by atoms with Gasteiger partial charge in [-0.1, -0.05) is 0 Å². The zero-order valence-electron chi connectivity index (χ0n) is 25.8. The number of aliphatic imine (C=N–C) groups is 1. The van der Waals surface area contributed by atoms with E-state index in [0.717, 1.165) is 15.9 Å². The maximum atomic E-state index is 14.5. The molecule has 1 atom stereocenters. The lowest BCUT2D eigenvalue weighted by molar-refractivity contribution is -0.129. The van der Waals surface area contributed by atoms with Crippen LogP contribution in [0.1, 0.15) is 67.9 Å². The predicted molar refractivity (Wildman–Crippen MR) is 164 cm³/mol. The number of carbonyl (C=O) groups excluding carboxylic acids is 2. The molecule has 0 bridgehead atoms. The van der Waals surface area contributed by atoms with Gasteiger partial charge in [-0.05, 0) is 65.3 Å². The van der Waals surface area contributed by atoms with Crippen molar-refractivity contribution in [2.24, 2.45) is 4.99 Å². The van der Waals surface area contributed by atoms with Crippen LogP contribution in [0.2, 0.25) is 0 Å². The molecule has 0 unspecified atom stereocenters. The fraction of sp³-hybridized carbons (Fsp3) is 0.500. The first-order chi connectivity index (χ1) is 20.3. The van der Waals surface area contributed by atoms with Gasteiger partial charge in [-0.2, -0.15) is 0 Å². The summed E-state index contributed by atoms with van der Waals surface area (Å²) in [6, 6.07) is 3.72. The Labute approximate surface area is 253 Å². The van der Waals surface area contributed by atoms with Crippen molar-refractivity contribution in [2.75, 3.05) is 27.4 Å². The number of methoxy groups -OCH3 is 1. The van der Waals surface area contributed by atoms with Crippen LogP contribution in [-0.4, -0.2) is 60.6 Å². The molecule has 0 fully saturated rings. The molecular formula is C30H39FN4O7S. The number of amides is 1. The van der Waals surface area contributed by atoms with Gasteiger partial charge in [0.2, 0.25) is 5.91 Å². The number of thiophene rings is 1. The van der Waals surface area contributed by atoms with E-state index in [4.69, 9.17) is 14.2 Å². The molecule has 13 heteroatoms. The fourth-order valence-electron chi connectivity index (χ4n) is 4.69. The third-order valence-electron chi connectivity index (χ3n) is 6.84. The Bertz CT molecular complexity index is 1640. The Morgan fingerprint density at radius 2 is 1.93 bits per heavy atom. The molecule has 3 aromatic rings. The number of ether oxygens (including phenoxy) is 3. The number of aromatic nitrogens is 2. The minimum atomic E-state index is -1.61. The molecule has 0 aliphatic heterocycles. The summed E-state index contributed by atoms with van der Waals surface area (Å²) in [7, 11) is 3.07. The van der Waals surface area contributed by atoms with Gasteiger partial charge in [0.15, 0.2) is 0 Å². The zero-order chi connectivity index (χ0) is 32.1. The highest BCUT2D eigenvalue weighted by atomic mass is 32.1. The van der Waals surface area contributed by atoms with Gasteiger partial charge in [-0.15, -0.1) is 11.3 Å². The van der Waals surface area contributed by atoms with Gasteiger partial charge in [0.05, 0.1) is 32.3 Å². The van der Waals surface area contributed by atoms with Crippen LogP contribution in [0.4, 0.5) is 4.39 Å². The summed E-state index contributed by atoms with van der Waals surface area (Å²) in [6.45, 7) is 9.85. The first-order valence-corrected chi connectivity index (χ1v) is 14.7. The lowest BCUT2D eigenvalue weighted by atomic mass is 10.0. The highest BCUT2D eigenvalue weighted by Crippen LogP contribution is 2.33. The van der Waals surface area contributed by atoms with Gasteiger partial charge in [0, 0.05) is 31.3 Å². The average Bonchev–Trinajstić information content (AvgIpc) is 3.29. The second-order valence-corrected chi connectivity index (χ2v) is 11.7. The van der Waals surface area contributed by atoms with Crippen molar-refractivity contribution in [1.82, 2.24) is 14.5 Å². The highest BCUT2D eigenvalue weighted by molar-refractivity contribution is 7.20. The minimum absolute atomic E-state index is 0.0983. The van der Waals surface area contributed by atoms with E-state index in [1.54, 1.807) is 41.0 Å². The average molecular weight is 619 g/mol. The number of carbonyl (C=O) groups is 2. The van der Waals surface area contributed by atoms with E-state index in [1.165, 1.54) is 43.7 Å². The Balaban J connectivity index is 2.38. The molecule has 1 amide bonds. The standard InChI is InChI=1S/C30H39FN4O7S/c1-9-41-27(37)24-18(4)23-25(36)35(30(5,6)28(38)33-17(2)3)29(39)34(26(23)43-24)16-22(42-14-10-13-32-7)20-15-19(31)11-12-21(20)40-8/h11-13,15,17,22H,9-10,14,16H2,1-8H3,(H,33,38)/b32-13-/t22-/m0/s1. The summed E-state index contributed by atoms with van der Waals surface area (Å²) >= 11 is 0.940. The number of halogens is 1. The number of esters is 1. The first kappa shape index (κ1) is 33.7. The molecule has 2 aromatic heterocycles. The normalized spacial score (nSPS) is 12.7. The third kappa shape index (κ3) is 7.04. The van der Waals surface area contributed by atoms with Crippen LogP contribution in [-0.2, 0) is 26.4 Å². The van der Waals surface area contributed by atoms with Gasteiger partial charge >= 0.3 is 11.7 Å². The Morgan fingerprint density at radius 3 is 2.53 bits per heavy atom. The van der Waals surface area contributed by atoms with Gasteiger partial charge in [0.25, 0.3) is 5.56 Å². The Hall–Kier alpha value is -3.84. The van der Waals surface area contributed by atoms with Gasteiger partial charge < -0.3 is 24.5 Å². The van der Waals surface area contributed by atoms with Crippen molar-refractivity contribution in [3.8, 4) is 5.75 Å². The number of nitrogens with zero attached hydrogens (tertiary/aromatic N) is 3. The molecule has 0 radical (unpaired) electrons. The van der Waals surface area contributed by atoms with E-state index in [1.807, 2.05) is 0 Å². The van der Waals surface area contributed by atoms with Crippen LogP contribution in [0.3, 0.4) is 0 Å². The number of benzene rings is 1. The van der Waals surface area contributed by atoms with Crippen LogP contribution in [0.15, 0.2) is 32.8 Å². The van der Waals surface area contributed by atoms with Crippen molar-refractivity contribution in [2.45, 2.75) is 72.2 Å². The number of rotatable bonds is 13. The maximum absolute atomic E-state index is 14.5. The van der Waals surface area contributed by atoms with E-state index < -0.39 is 40.6 Å². The van der Waals surface area contributed by atoms with Gasteiger partial charge in [-0.3, -0.25) is 14.2 Å². The van der Waals surface area contributed by atoms with Crippen molar-refractivity contribution in [3.63, 3.8) is 0 Å². The molecule has 2 heterocycles. The molecule has 1 aromatic carbocycles. The molecule has 3 rings (SSSR count). The van der Waals surface area contributed by atoms with E-state index in [9.17, 15) is 23.6 Å². The summed E-state index contributed by atoms with van der Waals surface area (Å²) in [5.41, 5.74) is -2.46. The van der Waals surface area contributed by atoms with E-state index in [-0.39, 0.29) is 40.9 Å². The molecule has 234 valence electrons. The predicted octanol–water partition coefficient (Wildman–Crippen LogP) is 3.97. The van der Waals surface area contributed by atoms with Crippen LogP contribution < -0.4 is 21.3 Å². The third-order valence-corrected chi connectivity index (χ3v) is 8.14. The van der Waals surface area contributed by atoms with Crippen LogP contribution in [0.25, 0.3) is 10.2 Å². The lowest BCUT2D eigenvalue weighted by Gasteiger charge is -2.28. The fourth-order valence-corrected chi connectivity index (χ4v) is 5.88. The number of aryl methyl sites for hydroxylation is 1. The zero-order valence-corrected chi connectivity index (χ0v) is 26.6. The van der Waals surface area contributed by atoms with Crippen LogP contribution in [0.5, 0.6) is 5.75 Å². The summed E-state index contributed by atoms with van der Waals surface area (Å²) in [4.78, 5) is 58.7. The number of fused-ring (bicyclic) bond motifs is 1. The topological polar surface area (TPSA) is 130 Å². The molecule has 0 saturated carbocycles. The second-order valence-electron chi connectivity index (χ2n) is 10.7. The quantitative estimate of drug-likeness (QED) is 0.174. The number of hydrogen-bond acceptors (Lipinski definition) is 9. The molecule has 11 nitrogen and oxygen atoms in total. The Kier molecular flexibility index (Phi) is 11.0. The highest BCUT2D eigenvalue weighted by Gasteiger charge is 2.36. The van der Waals surface area contributed by atoms with Crippen molar-refractivity contribution in [3.05, 3.63) is 60.9 Å². The van der Waals surface area contributed by atoms with Crippen molar-refractivity contribution < 1.29 is 28.2 Å². The van der Waals surface area contributed by atoms with Gasteiger partial charge in [-0.25, -0.2) is 18.5 Å². The second kappa shape index (κ2) is 14.1. The lowest BCUT2D eigenvalue weighted by Crippen LogP contribution is -2.56. The van der Waals surface area contributed by atoms with Gasteiger partial charge in [0.1, 0.15) is 32.9 Å². The molecule has 0 spiro atoms. The minimum Gasteiger partial charge on any atom is -0.496 e. The largest absolute Gasteiger partial charge is 0.496 e. The van der Waals surface area contributed by atoms with E-state index >= 15 is 0 Å². The molecule has 0 aliphatic rings. The number of hydrogen-bond donors (Lipinski definition) is 1. The van der Waals surface area contributed by atoms with Crippen molar-refractivity contribution in [1.29, 1.82) is 0 Å². The Morgan fingerprint density at radius 1 is 1.23 bits per heavy atom. The molecule has 0 aliphatic carbocycles. The van der Waals surface area contributed by atoms with Crippen LogP contribution in [0, 0.1) is 12.7 Å². The molecular weight excluding hydrogens is 579 g/mol. The molecule has 1 N–H and O–H groups in total. The smallest absolute Gasteiger partial charge is 0.348 e. The number of nitrogens with one attached hydrogen (secondary N) is 1. The SMILES string of the molecule is CCOC(=O)c1sc2c(c1C)c(=O)n(C(C)(C)C(=O)NC(C)C)c(=O)n2C[C@H](OCC/C=N\C)c1cc(F)ccc1OC.